The summed E-state index contributed by atoms with van der Waals surface area (Å²) in [6, 6.07) is 10.5. The molecule has 0 radical (unpaired) electrons. The van der Waals surface area contributed by atoms with Crippen molar-refractivity contribution < 1.29 is 9.13 Å². The third-order valence-electron chi connectivity index (χ3n) is 3.01. The third kappa shape index (κ3) is 4.43. The maximum absolute atomic E-state index is 13.4. The second-order valence-electron chi connectivity index (χ2n) is 4.54. The zero-order chi connectivity index (χ0) is 15.2. The van der Waals surface area contributed by atoms with E-state index in [1.807, 2.05) is 18.2 Å². The summed E-state index contributed by atoms with van der Waals surface area (Å²) in [7, 11) is 0. The summed E-state index contributed by atoms with van der Waals surface area (Å²) < 4.78 is 20.1. The average molecular weight is 373 g/mol. The van der Waals surface area contributed by atoms with Gasteiger partial charge in [0, 0.05) is 16.6 Å². The van der Waals surface area contributed by atoms with Crippen molar-refractivity contribution in [3.8, 4) is 5.75 Å². The summed E-state index contributed by atoms with van der Waals surface area (Å²) in [6.45, 7) is 3.95. The summed E-state index contributed by atoms with van der Waals surface area (Å²) in [4.78, 5) is 0. The van der Waals surface area contributed by atoms with Gasteiger partial charge in [0.15, 0.2) is 0 Å². The fourth-order valence-corrected chi connectivity index (χ4v) is 2.42. The van der Waals surface area contributed by atoms with Crippen molar-refractivity contribution in [2.24, 2.45) is 0 Å². The molecule has 2 aromatic carbocycles. The number of rotatable bonds is 6. The molecule has 0 atom stereocenters. The van der Waals surface area contributed by atoms with Gasteiger partial charge in [-0.25, -0.2) is 4.39 Å². The first-order valence-corrected chi connectivity index (χ1v) is 7.83. The number of benzene rings is 2. The minimum absolute atomic E-state index is 0.113. The Morgan fingerprint density at radius 1 is 1.24 bits per heavy atom. The largest absolute Gasteiger partial charge is 0.489 e. The van der Waals surface area contributed by atoms with Crippen molar-refractivity contribution in [1.29, 1.82) is 0 Å². The number of hydrogen-bond acceptors (Lipinski definition) is 2. The minimum atomic E-state index is -0.429. The van der Waals surface area contributed by atoms with Gasteiger partial charge in [-0.15, -0.1) is 0 Å². The van der Waals surface area contributed by atoms with E-state index in [1.165, 1.54) is 6.07 Å². The SMILES string of the molecule is CCNCc1cc(OCc2cccc(F)c2Cl)ccc1Br. The average Bonchev–Trinajstić information content (AvgIpc) is 2.49. The zero-order valence-electron chi connectivity index (χ0n) is 11.6. The lowest BCUT2D eigenvalue weighted by Crippen LogP contribution is -2.12. The predicted molar refractivity (Wildman–Crippen MR) is 87.3 cm³/mol. The van der Waals surface area contributed by atoms with Crippen molar-refractivity contribution in [1.82, 2.24) is 5.32 Å². The summed E-state index contributed by atoms with van der Waals surface area (Å²) >= 11 is 9.42. The van der Waals surface area contributed by atoms with Crippen LogP contribution in [0.25, 0.3) is 0 Å². The van der Waals surface area contributed by atoms with E-state index in [-0.39, 0.29) is 11.6 Å². The Hall–Kier alpha value is -1.10. The topological polar surface area (TPSA) is 21.3 Å². The van der Waals surface area contributed by atoms with Crippen LogP contribution in [0.2, 0.25) is 5.02 Å². The minimum Gasteiger partial charge on any atom is -0.489 e. The van der Waals surface area contributed by atoms with E-state index in [0.29, 0.717) is 5.56 Å². The molecule has 0 spiro atoms. The van der Waals surface area contributed by atoms with Gasteiger partial charge in [0.05, 0.1) is 5.02 Å². The summed E-state index contributed by atoms with van der Waals surface area (Å²) in [6.07, 6.45) is 0. The van der Waals surface area contributed by atoms with Gasteiger partial charge in [0.25, 0.3) is 0 Å². The Morgan fingerprint density at radius 3 is 2.81 bits per heavy atom. The summed E-state index contributed by atoms with van der Waals surface area (Å²) in [5.74, 6) is 0.299. The van der Waals surface area contributed by atoms with Crippen LogP contribution >= 0.6 is 27.5 Å². The molecule has 21 heavy (non-hydrogen) atoms. The van der Waals surface area contributed by atoms with Gasteiger partial charge in [-0.3, -0.25) is 0 Å². The second kappa shape index (κ2) is 7.78. The summed E-state index contributed by atoms with van der Waals surface area (Å²) in [5, 5.41) is 3.38. The van der Waals surface area contributed by atoms with Crippen molar-refractivity contribution in [2.75, 3.05) is 6.54 Å². The Labute approximate surface area is 137 Å². The van der Waals surface area contributed by atoms with Crippen molar-refractivity contribution in [3.63, 3.8) is 0 Å². The molecule has 0 aliphatic rings. The first-order chi connectivity index (χ1) is 10.1. The smallest absolute Gasteiger partial charge is 0.142 e. The van der Waals surface area contributed by atoms with Gasteiger partial charge >= 0.3 is 0 Å². The Kier molecular flexibility index (Phi) is 6.03. The Morgan fingerprint density at radius 2 is 2.05 bits per heavy atom. The quantitative estimate of drug-likeness (QED) is 0.776. The maximum Gasteiger partial charge on any atom is 0.142 e. The van der Waals surface area contributed by atoms with Crippen LogP contribution in [-0.2, 0) is 13.2 Å². The molecule has 0 saturated heterocycles. The van der Waals surface area contributed by atoms with E-state index in [9.17, 15) is 4.39 Å². The highest BCUT2D eigenvalue weighted by Crippen LogP contribution is 2.25. The predicted octanol–water partition coefficient (Wildman–Crippen LogP) is 4.93. The molecule has 0 aromatic heterocycles. The highest BCUT2D eigenvalue weighted by Gasteiger charge is 2.07. The molecule has 2 aromatic rings. The molecule has 0 saturated carbocycles. The van der Waals surface area contributed by atoms with Crippen LogP contribution in [0.3, 0.4) is 0 Å². The lowest BCUT2D eigenvalue weighted by Gasteiger charge is -2.11. The zero-order valence-corrected chi connectivity index (χ0v) is 14.0. The highest BCUT2D eigenvalue weighted by atomic mass is 79.9. The van der Waals surface area contributed by atoms with Crippen molar-refractivity contribution >= 4 is 27.5 Å². The Bertz CT molecular complexity index is 621. The van der Waals surface area contributed by atoms with Gasteiger partial charge in [-0.2, -0.15) is 0 Å². The molecule has 0 aliphatic heterocycles. The van der Waals surface area contributed by atoms with E-state index in [1.54, 1.807) is 12.1 Å². The molecule has 2 rings (SSSR count). The van der Waals surface area contributed by atoms with E-state index in [0.717, 1.165) is 28.9 Å². The van der Waals surface area contributed by atoms with Crippen LogP contribution in [0.4, 0.5) is 4.39 Å². The lowest BCUT2D eigenvalue weighted by atomic mass is 10.2. The molecular formula is C16H16BrClFNO. The first kappa shape index (κ1) is 16.3. The molecule has 5 heteroatoms. The molecular weight excluding hydrogens is 357 g/mol. The molecule has 0 aliphatic carbocycles. The molecule has 0 bridgehead atoms. The fraction of sp³-hybridized carbons (Fsp3) is 0.250. The van der Waals surface area contributed by atoms with Crippen LogP contribution in [0.1, 0.15) is 18.1 Å². The van der Waals surface area contributed by atoms with Crippen LogP contribution < -0.4 is 10.1 Å². The molecule has 0 fully saturated rings. The van der Waals surface area contributed by atoms with Gasteiger partial charge in [0.2, 0.25) is 0 Å². The molecule has 2 nitrogen and oxygen atoms in total. The Balaban J connectivity index is 2.07. The van der Waals surface area contributed by atoms with Gasteiger partial charge < -0.3 is 10.1 Å². The highest BCUT2D eigenvalue weighted by molar-refractivity contribution is 9.10. The molecule has 0 unspecified atom stereocenters. The molecule has 1 N–H and O–H groups in total. The van der Waals surface area contributed by atoms with Crippen LogP contribution in [0.5, 0.6) is 5.75 Å². The van der Waals surface area contributed by atoms with Crippen molar-refractivity contribution in [3.05, 3.63) is 62.8 Å². The fourth-order valence-electron chi connectivity index (χ4n) is 1.86. The van der Waals surface area contributed by atoms with E-state index >= 15 is 0 Å². The monoisotopic (exact) mass is 371 g/mol. The molecule has 0 heterocycles. The van der Waals surface area contributed by atoms with Gasteiger partial charge in [0.1, 0.15) is 18.2 Å². The van der Waals surface area contributed by atoms with Crippen LogP contribution in [0.15, 0.2) is 40.9 Å². The lowest BCUT2D eigenvalue weighted by molar-refractivity contribution is 0.305. The standard InChI is InChI=1S/C16H16BrClFNO/c1-2-20-9-12-8-13(6-7-14(12)17)21-10-11-4-3-5-15(19)16(11)18/h3-8,20H,2,9-10H2,1H3. The van der Waals surface area contributed by atoms with E-state index in [2.05, 4.69) is 28.2 Å². The summed E-state index contributed by atoms with van der Waals surface area (Å²) in [5.41, 5.74) is 1.74. The van der Waals surface area contributed by atoms with Crippen molar-refractivity contribution in [2.45, 2.75) is 20.1 Å². The van der Waals surface area contributed by atoms with E-state index < -0.39 is 5.82 Å². The number of halogens is 3. The first-order valence-electron chi connectivity index (χ1n) is 6.66. The number of hydrogen-bond donors (Lipinski definition) is 1. The van der Waals surface area contributed by atoms with E-state index in [4.69, 9.17) is 16.3 Å². The maximum atomic E-state index is 13.4. The van der Waals surface area contributed by atoms with Crippen LogP contribution in [0, 0.1) is 5.82 Å². The van der Waals surface area contributed by atoms with Crippen LogP contribution in [-0.4, -0.2) is 6.54 Å². The normalized spacial score (nSPS) is 10.7. The number of nitrogens with one attached hydrogen (secondary N) is 1. The van der Waals surface area contributed by atoms with Gasteiger partial charge in [-0.1, -0.05) is 46.6 Å². The molecule has 112 valence electrons. The third-order valence-corrected chi connectivity index (χ3v) is 4.21. The van der Waals surface area contributed by atoms with Gasteiger partial charge in [-0.05, 0) is 36.4 Å². The molecule has 0 amide bonds. The second-order valence-corrected chi connectivity index (χ2v) is 5.77. The number of ether oxygens (including phenoxy) is 1.